The number of aliphatic hydroxyl groups is 1. The summed E-state index contributed by atoms with van der Waals surface area (Å²) in [7, 11) is 0. The lowest BCUT2D eigenvalue weighted by Gasteiger charge is -2.10. The molecule has 0 saturated heterocycles. The van der Waals surface area contributed by atoms with Gasteiger partial charge in [-0.2, -0.15) is 0 Å². The molecule has 0 radical (unpaired) electrons. The van der Waals surface area contributed by atoms with E-state index >= 15 is 0 Å². The first-order valence-electron chi connectivity index (χ1n) is 4.33. The minimum absolute atomic E-state index is 0.241. The van der Waals surface area contributed by atoms with Crippen molar-refractivity contribution < 1.29 is 5.11 Å². The van der Waals surface area contributed by atoms with Crippen LogP contribution in [0.5, 0.6) is 0 Å². The number of hydrogen-bond acceptors (Lipinski definition) is 3. The lowest BCUT2D eigenvalue weighted by atomic mass is 10.2. The summed E-state index contributed by atoms with van der Waals surface area (Å²) in [6, 6.07) is 4.26. The minimum Gasteiger partial charge on any atom is -0.396 e. The molecule has 74 valence electrons. The summed E-state index contributed by atoms with van der Waals surface area (Å²) in [5.41, 5.74) is 0. The zero-order valence-electron chi connectivity index (χ0n) is 7.59. The highest BCUT2D eigenvalue weighted by molar-refractivity contribution is 7.16. The molecular weight excluding hydrogens is 206 g/mol. The van der Waals surface area contributed by atoms with E-state index in [1.54, 1.807) is 11.3 Å². The molecule has 1 atom stereocenters. The Morgan fingerprint density at radius 3 is 2.92 bits per heavy atom. The van der Waals surface area contributed by atoms with Crippen molar-refractivity contribution in [3.05, 3.63) is 21.3 Å². The van der Waals surface area contributed by atoms with E-state index in [0.717, 1.165) is 17.3 Å². The second-order valence-corrected chi connectivity index (χ2v) is 4.64. The van der Waals surface area contributed by atoms with Gasteiger partial charge in [-0.3, -0.25) is 0 Å². The van der Waals surface area contributed by atoms with Gasteiger partial charge in [-0.1, -0.05) is 11.6 Å². The first-order chi connectivity index (χ1) is 6.24. The first-order valence-corrected chi connectivity index (χ1v) is 5.53. The van der Waals surface area contributed by atoms with Gasteiger partial charge in [0.25, 0.3) is 0 Å². The van der Waals surface area contributed by atoms with E-state index in [9.17, 15) is 0 Å². The molecule has 1 aromatic heterocycles. The summed E-state index contributed by atoms with van der Waals surface area (Å²) >= 11 is 7.41. The van der Waals surface area contributed by atoms with Gasteiger partial charge in [0.05, 0.1) is 4.34 Å². The summed E-state index contributed by atoms with van der Waals surface area (Å²) in [6.07, 6.45) is 0.795. The summed E-state index contributed by atoms with van der Waals surface area (Å²) in [4.78, 5) is 1.24. The van der Waals surface area contributed by atoms with Gasteiger partial charge < -0.3 is 10.4 Å². The van der Waals surface area contributed by atoms with Crippen LogP contribution in [-0.4, -0.2) is 18.3 Å². The van der Waals surface area contributed by atoms with E-state index in [4.69, 9.17) is 16.7 Å². The molecule has 0 amide bonds. The molecule has 2 nitrogen and oxygen atoms in total. The summed E-state index contributed by atoms with van der Waals surface area (Å²) in [6.45, 7) is 3.18. The molecule has 1 heterocycles. The van der Waals surface area contributed by atoms with E-state index in [1.807, 2.05) is 12.1 Å². The van der Waals surface area contributed by atoms with E-state index in [-0.39, 0.29) is 6.61 Å². The number of thiophene rings is 1. The van der Waals surface area contributed by atoms with Crippen LogP contribution in [0.15, 0.2) is 12.1 Å². The maximum absolute atomic E-state index is 8.60. The summed E-state index contributed by atoms with van der Waals surface area (Å²) in [5.74, 6) is 0. The molecule has 0 aliphatic carbocycles. The second kappa shape index (κ2) is 5.60. The number of aliphatic hydroxyl groups excluding tert-OH is 1. The van der Waals surface area contributed by atoms with Crippen molar-refractivity contribution in [2.75, 3.05) is 13.2 Å². The van der Waals surface area contributed by atoms with Crippen LogP contribution in [0.3, 0.4) is 0 Å². The number of rotatable bonds is 5. The molecular formula is C9H14ClNOS. The van der Waals surface area contributed by atoms with Crippen molar-refractivity contribution in [2.45, 2.75) is 19.4 Å². The maximum Gasteiger partial charge on any atom is 0.0931 e. The highest BCUT2D eigenvalue weighted by Crippen LogP contribution is 2.26. The normalized spacial score (nSPS) is 13.2. The van der Waals surface area contributed by atoms with Crippen LogP contribution < -0.4 is 5.32 Å². The molecule has 4 heteroatoms. The number of hydrogen-bond donors (Lipinski definition) is 2. The van der Waals surface area contributed by atoms with Crippen LogP contribution in [0.1, 0.15) is 24.3 Å². The predicted molar refractivity (Wildman–Crippen MR) is 57.4 cm³/mol. The van der Waals surface area contributed by atoms with Crippen molar-refractivity contribution in [3.8, 4) is 0 Å². The Kier molecular flexibility index (Phi) is 4.73. The molecule has 0 saturated carbocycles. The fourth-order valence-electron chi connectivity index (χ4n) is 1.06. The molecule has 0 aliphatic heterocycles. The Bertz CT molecular complexity index is 252. The van der Waals surface area contributed by atoms with Crippen LogP contribution >= 0.6 is 22.9 Å². The summed E-state index contributed by atoms with van der Waals surface area (Å²) in [5, 5.41) is 11.9. The van der Waals surface area contributed by atoms with Crippen LogP contribution in [0.2, 0.25) is 4.34 Å². The highest BCUT2D eigenvalue weighted by Gasteiger charge is 2.06. The van der Waals surface area contributed by atoms with Crippen LogP contribution in [-0.2, 0) is 0 Å². The molecule has 0 aromatic carbocycles. The molecule has 0 spiro atoms. The Morgan fingerprint density at radius 2 is 2.38 bits per heavy atom. The lowest BCUT2D eigenvalue weighted by molar-refractivity contribution is 0.284. The maximum atomic E-state index is 8.60. The van der Waals surface area contributed by atoms with E-state index in [1.165, 1.54) is 4.88 Å². The first kappa shape index (κ1) is 11.0. The van der Waals surface area contributed by atoms with Crippen molar-refractivity contribution in [1.82, 2.24) is 5.32 Å². The molecule has 13 heavy (non-hydrogen) atoms. The number of halogens is 1. The van der Waals surface area contributed by atoms with Gasteiger partial charge in [-0.25, -0.2) is 0 Å². The Hall–Kier alpha value is -0.0900. The molecule has 0 aliphatic rings. The topological polar surface area (TPSA) is 32.3 Å². The van der Waals surface area contributed by atoms with Crippen molar-refractivity contribution in [2.24, 2.45) is 0 Å². The smallest absolute Gasteiger partial charge is 0.0931 e. The van der Waals surface area contributed by atoms with Gasteiger partial charge in [0.1, 0.15) is 0 Å². The van der Waals surface area contributed by atoms with Gasteiger partial charge >= 0.3 is 0 Å². The van der Waals surface area contributed by atoms with Crippen LogP contribution in [0.25, 0.3) is 0 Å². The average molecular weight is 220 g/mol. The van der Waals surface area contributed by atoms with Crippen molar-refractivity contribution >= 4 is 22.9 Å². The lowest BCUT2D eigenvalue weighted by Crippen LogP contribution is -2.19. The minimum atomic E-state index is 0.241. The molecule has 0 bridgehead atoms. The van der Waals surface area contributed by atoms with Gasteiger partial charge in [-0.05, 0) is 32.0 Å². The van der Waals surface area contributed by atoms with Gasteiger partial charge in [0.2, 0.25) is 0 Å². The molecule has 0 unspecified atom stereocenters. The largest absolute Gasteiger partial charge is 0.396 e. The van der Waals surface area contributed by atoms with Crippen molar-refractivity contribution in [1.29, 1.82) is 0 Å². The van der Waals surface area contributed by atoms with Gasteiger partial charge in [0, 0.05) is 17.5 Å². The Morgan fingerprint density at radius 1 is 1.62 bits per heavy atom. The highest BCUT2D eigenvalue weighted by atomic mass is 35.5. The van der Waals surface area contributed by atoms with E-state index in [2.05, 4.69) is 12.2 Å². The van der Waals surface area contributed by atoms with Crippen molar-refractivity contribution in [3.63, 3.8) is 0 Å². The van der Waals surface area contributed by atoms with Crippen LogP contribution in [0, 0.1) is 0 Å². The van der Waals surface area contributed by atoms with E-state index < -0.39 is 0 Å². The Balaban J connectivity index is 2.35. The molecule has 0 fully saturated rings. The third-order valence-electron chi connectivity index (χ3n) is 1.81. The zero-order valence-corrected chi connectivity index (χ0v) is 9.16. The Labute approximate surface area is 87.5 Å². The number of nitrogens with one attached hydrogen (secondary N) is 1. The standard InChI is InChI=1S/C9H14ClNOS/c1-7(11-5-2-6-12)8-3-4-9(10)13-8/h3-4,7,11-12H,2,5-6H2,1H3/t7-/m0/s1. The van der Waals surface area contributed by atoms with Gasteiger partial charge in [-0.15, -0.1) is 11.3 Å². The summed E-state index contributed by atoms with van der Waals surface area (Å²) < 4.78 is 0.825. The molecule has 1 aromatic rings. The second-order valence-electron chi connectivity index (χ2n) is 2.89. The monoisotopic (exact) mass is 219 g/mol. The third-order valence-corrected chi connectivity index (χ3v) is 3.22. The fourth-order valence-corrected chi connectivity index (χ4v) is 2.15. The molecule has 1 rings (SSSR count). The fraction of sp³-hybridized carbons (Fsp3) is 0.556. The molecule has 2 N–H and O–H groups in total. The average Bonchev–Trinajstić information content (AvgIpc) is 2.52. The third kappa shape index (κ3) is 3.65. The zero-order chi connectivity index (χ0) is 9.68. The predicted octanol–water partition coefficient (Wildman–Crippen LogP) is 2.43. The van der Waals surface area contributed by atoms with E-state index in [0.29, 0.717) is 6.04 Å². The van der Waals surface area contributed by atoms with Crippen LogP contribution in [0.4, 0.5) is 0 Å². The quantitative estimate of drug-likeness (QED) is 0.746. The van der Waals surface area contributed by atoms with Gasteiger partial charge in [0.15, 0.2) is 0 Å². The SMILES string of the molecule is C[C@H](NCCCO)c1ccc(Cl)s1.